The number of carbonyl (C=O) groups is 4. The third kappa shape index (κ3) is 6.26. The number of nitrogens with zero attached hydrogens (tertiary/aromatic N) is 2. The molecule has 0 aliphatic carbocycles. The minimum atomic E-state index is -4.15. The second-order valence-electron chi connectivity index (χ2n) is 6.99. The number of thiazole rings is 1. The predicted molar refractivity (Wildman–Crippen MR) is 136 cm³/mol. The van der Waals surface area contributed by atoms with Crippen LogP contribution in [0.5, 0.6) is 0 Å². The second-order valence-corrected chi connectivity index (χ2v) is 11.2. The van der Waals surface area contributed by atoms with E-state index < -0.39 is 40.4 Å². The van der Waals surface area contributed by atoms with Crippen molar-refractivity contribution in [1.29, 1.82) is 0 Å². The summed E-state index contributed by atoms with van der Waals surface area (Å²) < 4.78 is 31.7. The number of esters is 1. The number of aromatic nitrogens is 1. The van der Waals surface area contributed by atoms with Crippen LogP contribution in [0.2, 0.25) is 0 Å². The fourth-order valence-corrected chi connectivity index (χ4v) is 5.73. The number of carboxylic acids is 1. The molecule has 36 heavy (non-hydrogen) atoms. The van der Waals surface area contributed by atoms with Crippen LogP contribution in [0.25, 0.3) is 5.57 Å². The van der Waals surface area contributed by atoms with E-state index in [-0.39, 0.29) is 37.1 Å². The van der Waals surface area contributed by atoms with E-state index >= 15 is 0 Å². The molecule has 0 bridgehead atoms. The summed E-state index contributed by atoms with van der Waals surface area (Å²) in [6.07, 6.45) is 0. The lowest BCUT2D eigenvalue weighted by Crippen LogP contribution is -2.34. The molecule has 16 heteroatoms. The van der Waals surface area contributed by atoms with Gasteiger partial charge >= 0.3 is 18.0 Å². The molecule has 1 aliphatic heterocycles. The molecule has 12 nitrogen and oxygen atoms in total. The zero-order valence-electron chi connectivity index (χ0n) is 18.6. The molecule has 0 spiro atoms. The number of anilines is 1. The number of aryl methyl sites for hydroxylation is 1. The Morgan fingerprint density at radius 1 is 1.22 bits per heavy atom. The van der Waals surface area contributed by atoms with Crippen LogP contribution in [0.15, 0.2) is 39.4 Å². The number of sulfonamides is 1. The molecular formula is C20H18N4O8S4. The molecule has 0 saturated carbocycles. The van der Waals surface area contributed by atoms with Crippen molar-refractivity contribution in [3.63, 3.8) is 0 Å². The largest absolute Gasteiger partial charge is 0.480 e. The Morgan fingerprint density at radius 3 is 2.50 bits per heavy atom. The van der Waals surface area contributed by atoms with Gasteiger partial charge in [-0.2, -0.15) is 0 Å². The lowest BCUT2D eigenvalue weighted by Gasteiger charge is -2.11. The Labute approximate surface area is 218 Å². The van der Waals surface area contributed by atoms with E-state index in [1.165, 1.54) is 17.5 Å². The molecule has 0 unspecified atom stereocenters. The van der Waals surface area contributed by atoms with Gasteiger partial charge in [0.2, 0.25) is 0 Å². The second kappa shape index (κ2) is 11.2. The van der Waals surface area contributed by atoms with Gasteiger partial charge in [-0.3, -0.25) is 19.8 Å². The van der Waals surface area contributed by atoms with Crippen molar-refractivity contribution < 1.29 is 37.4 Å². The van der Waals surface area contributed by atoms with E-state index in [0.717, 1.165) is 33.6 Å². The number of carbonyl (C=O) groups excluding carboxylic acids is 3. The number of aliphatic carboxylic acids is 1. The molecule has 1 aromatic carbocycles. The Morgan fingerprint density at radius 2 is 1.89 bits per heavy atom. The normalized spacial score (nSPS) is 15.0. The molecule has 1 aliphatic rings. The number of amides is 3. The third-order valence-electron chi connectivity index (χ3n) is 4.39. The lowest BCUT2D eigenvalue weighted by molar-refractivity contribution is -0.140. The van der Waals surface area contributed by atoms with Gasteiger partial charge in [0.1, 0.15) is 16.4 Å². The molecule has 2 heterocycles. The predicted octanol–water partition coefficient (Wildman–Crippen LogP) is 2.18. The highest BCUT2D eigenvalue weighted by atomic mass is 32.2. The first-order chi connectivity index (χ1) is 16.9. The standard InChI is InChI=1S/C20H18N4O8S4/c1-3-32-17(28)14(15-16(27)24(8-13(25)26)20(33)35-15)12-9-34-19(21-12)22-18(29)23-36(30,31)11-6-4-10(2)5-7-11/h4-7,9H,3,8H2,1-2H3,(H,25,26)(H2,21,22,23,29). The van der Waals surface area contributed by atoms with Crippen LogP contribution in [0, 0.1) is 6.92 Å². The number of ether oxygens (including phenoxy) is 1. The minimum Gasteiger partial charge on any atom is -0.480 e. The summed E-state index contributed by atoms with van der Waals surface area (Å²) in [5.74, 6) is -3.01. The first-order valence-corrected chi connectivity index (χ1v) is 13.5. The van der Waals surface area contributed by atoms with Crippen LogP contribution in [0.1, 0.15) is 18.2 Å². The monoisotopic (exact) mass is 570 g/mol. The van der Waals surface area contributed by atoms with Crippen LogP contribution in [0.3, 0.4) is 0 Å². The number of thiocarbonyl (C=S) groups is 1. The molecule has 190 valence electrons. The maximum absolute atomic E-state index is 12.8. The summed E-state index contributed by atoms with van der Waals surface area (Å²) in [5, 5.41) is 12.6. The Bertz CT molecular complexity index is 1380. The van der Waals surface area contributed by atoms with Gasteiger partial charge in [-0.25, -0.2) is 27.7 Å². The molecule has 2 aromatic rings. The fraction of sp³-hybridized carbons (Fsp3) is 0.200. The van der Waals surface area contributed by atoms with Crippen molar-refractivity contribution in [3.05, 3.63) is 45.8 Å². The summed E-state index contributed by atoms with van der Waals surface area (Å²) in [6, 6.07) is 4.75. The Hall–Kier alpha value is -3.34. The molecule has 3 rings (SSSR count). The average Bonchev–Trinajstić information content (AvgIpc) is 3.33. The highest BCUT2D eigenvalue weighted by Crippen LogP contribution is 2.38. The van der Waals surface area contributed by atoms with Crippen molar-refractivity contribution in [2.45, 2.75) is 18.7 Å². The maximum Gasteiger partial charge on any atom is 0.341 e. The van der Waals surface area contributed by atoms with Crippen molar-refractivity contribution >= 4 is 84.2 Å². The summed E-state index contributed by atoms with van der Waals surface area (Å²) in [4.78, 5) is 53.5. The summed E-state index contributed by atoms with van der Waals surface area (Å²) in [7, 11) is -4.15. The van der Waals surface area contributed by atoms with Gasteiger partial charge in [0, 0.05) is 5.38 Å². The van der Waals surface area contributed by atoms with Gasteiger partial charge in [-0.05, 0) is 26.0 Å². The van der Waals surface area contributed by atoms with Crippen molar-refractivity contribution in [2.24, 2.45) is 0 Å². The van der Waals surface area contributed by atoms with Gasteiger partial charge in [0.15, 0.2) is 5.13 Å². The van der Waals surface area contributed by atoms with Gasteiger partial charge in [0.05, 0.1) is 22.1 Å². The number of hydrogen-bond acceptors (Lipinski definition) is 11. The summed E-state index contributed by atoms with van der Waals surface area (Å²) >= 11 is 6.65. The zero-order valence-corrected chi connectivity index (χ0v) is 21.9. The first kappa shape index (κ1) is 27.3. The van der Waals surface area contributed by atoms with E-state index in [9.17, 15) is 27.6 Å². The summed E-state index contributed by atoms with van der Waals surface area (Å²) in [5.41, 5.74) is 0.524. The molecule has 1 fully saturated rings. The topological polar surface area (TPSA) is 172 Å². The fourth-order valence-electron chi connectivity index (χ4n) is 2.80. The molecule has 3 N–H and O–H groups in total. The number of carboxylic acid groups (broad SMARTS) is 1. The number of nitrogens with one attached hydrogen (secondary N) is 2. The van der Waals surface area contributed by atoms with Gasteiger partial charge in [-0.15, -0.1) is 11.3 Å². The smallest absolute Gasteiger partial charge is 0.341 e. The molecule has 1 saturated heterocycles. The molecule has 1 aromatic heterocycles. The number of benzene rings is 1. The number of hydrogen-bond donors (Lipinski definition) is 3. The lowest BCUT2D eigenvalue weighted by atomic mass is 10.2. The van der Waals surface area contributed by atoms with Crippen LogP contribution in [0.4, 0.5) is 9.93 Å². The average molecular weight is 571 g/mol. The Balaban J connectivity index is 1.85. The molecule has 3 amide bonds. The van der Waals surface area contributed by atoms with Gasteiger partial charge in [0.25, 0.3) is 15.9 Å². The Kier molecular flexibility index (Phi) is 8.44. The van der Waals surface area contributed by atoms with E-state index in [1.54, 1.807) is 26.0 Å². The molecule has 0 radical (unpaired) electrons. The van der Waals surface area contributed by atoms with Gasteiger partial charge in [-0.1, -0.05) is 41.7 Å². The first-order valence-electron chi connectivity index (χ1n) is 9.96. The minimum absolute atomic E-state index is 0.0216. The van der Waals surface area contributed by atoms with Crippen LogP contribution in [-0.2, 0) is 29.1 Å². The summed E-state index contributed by atoms with van der Waals surface area (Å²) in [6.45, 7) is 2.62. The number of thioether (sulfide) groups is 1. The van der Waals surface area contributed by atoms with E-state index in [0.29, 0.717) is 0 Å². The third-order valence-corrected chi connectivity index (χ3v) is 7.94. The van der Waals surface area contributed by atoms with E-state index in [4.69, 9.17) is 22.1 Å². The van der Waals surface area contributed by atoms with E-state index in [2.05, 4.69) is 10.3 Å². The maximum atomic E-state index is 12.8. The van der Waals surface area contributed by atoms with Crippen LogP contribution >= 0.6 is 35.3 Å². The van der Waals surface area contributed by atoms with Gasteiger partial charge < -0.3 is 9.84 Å². The van der Waals surface area contributed by atoms with Crippen molar-refractivity contribution in [3.8, 4) is 0 Å². The quantitative estimate of drug-likeness (QED) is 0.241. The highest BCUT2D eigenvalue weighted by molar-refractivity contribution is 8.26. The van der Waals surface area contributed by atoms with Crippen molar-refractivity contribution in [2.75, 3.05) is 18.5 Å². The van der Waals surface area contributed by atoms with Crippen LogP contribution < -0.4 is 10.0 Å². The molecular weight excluding hydrogens is 553 g/mol. The van der Waals surface area contributed by atoms with Crippen LogP contribution in [-0.4, -0.2) is 64.8 Å². The number of rotatable bonds is 8. The SMILES string of the molecule is CCOC(=O)C(=C1SC(=S)N(CC(=O)O)C1=O)c1csc(NC(=O)NS(=O)(=O)c2ccc(C)cc2)n1. The molecule has 0 atom stereocenters. The zero-order chi connectivity index (χ0) is 26.6. The van der Waals surface area contributed by atoms with E-state index in [1.807, 2.05) is 4.72 Å². The highest BCUT2D eigenvalue weighted by Gasteiger charge is 2.38. The van der Waals surface area contributed by atoms with Crippen molar-refractivity contribution in [1.82, 2.24) is 14.6 Å². The number of urea groups is 1.